The van der Waals surface area contributed by atoms with Crippen LogP contribution in [-0.4, -0.2) is 34.8 Å². The summed E-state index contributed by atoms with van der Waals surface area (Å²) in [6.07, 6.45) is 3.78. The molecule has 24 heavy (non-hydrogen) atoms. The summed E-state index contributed by atoms with van der Waals surface area (Å²) in [6, 6.07) is 8.21. The average Bonchev–Trinajstić information content (AvgIpc) is 2.68. The summed E-state index contributed by atoms with van der Waals surface area (Å²) >= 11 is 0. The molecular formula is C19H24N2O3. The van der Waals surface area contributed by atoms with Crippen LogP contribution in [0.5, 0.6) is 0 Å². The first kappa shape index (κ1) is 16.6. The van der Waals surface area contributed by atoms with Gasteiger partial charge in [-0.25, -0.2) is 4.79 Å². The Morgan fingerprint density at radius 2 is 2.00 bits per heavy atom. The lowest BCUT2D eigenvalue weighted by Crippen LogP contribution is -2.36. The topological polar surface area (TPSA) is 43.7 Å². The number of benzene rings is 1. The second-order valence-corrected chi connectivity index (χ2v) is 6.99. The zero-order valence-electron chi connectivity index (χ0n) is 14.7. The molecule has 0 saturated heterocycles. The number of fused-ring (bicyclic) bond motifs is 3. The van der Waals surface area contributed by atoms with Gasteiger partial charge in [-0.2, -0.15) is 0 Å². The number of hydrogen-bond donors (Lipinski definition) is 0. The van der Waals surface area contributed by atoms with E-state index in [2.05, 4.69) is 22.8 Å². The van der Waals surface area contributed by atoms with Crippen LogP contribution in [-0.2, 0) is 22.7 Å². The van der Waals surface area contributed by atoms with Crippen molar-refractivity contribution >= 4 is 23.1 Å². The van der Waals surface area contributed by atoms with Crippen molar-refractivity contribution in [1.29, 1.82) is 0 Å². The molecule has 1 aliphatic rings. The molecule has 1 aromatic carbocycles. The maximum absolute atomic E-state index is 12.5. The van der Waals surface area contributed by atoms with Crippen LogP contribution in [0.4, 0.5) is 4.79 Å². The smallest absolute Gasteiger partial charge is 0.410 e. The maximum Gasteiger partial charge on any atom is 0.410 e. The number of amides is 1. The Bertz CT molecular complexity index is 784. The van der Waals surface area contributed by atoms with Gasteiger partial charge < -0.3 is 18.9 Å². The van der Waals surface area contributed by atoms with Crippen molar-refractivity contribution in [2.75, 3.05) is 13.7 Å². The van der Waals surface area contributed by atoms with Crippen molar-refractivity contribution in [3.8, 4) is 0 Å². The average molecular weight is 328 g/mol. The molecule has 1 amide bonds. The molecule has 2 aromatic rings. The molecule has 0 aliphatic carbocycles. The van der Waals surface area contributed by atoms with Crippen molar-refractivity contribution in [3.63, 3.8) is 0 Å². The van der Waals surface area contributed by atoms with Gasteiger partial charge in [0.15, 0.2) is 0 Å². The summed E-state index contributed by atoms with van der Waals surface area (Å²) in [4.78, 5) is 14.2. The van der Waals surface area contributed by atoms with Crippen LogP contribution in [0, 0.1) is 0 Å². The van der Waals surface area contributed by atoms with Crippen LogP contribution in [0.25, 0.3) is 17.0 Å². The maximum atomic E-state index is 12.5. The molecule has 0 fully saturated rings. The van der Waals surface area contributed by atoms with Gasteiger partial charge in [0.25, 0.3) is 0 Å². The van der Waals surface area contributed by atoms with Gasteiger partial charge in [-0.05, 0) is 32.9 Å². The molecular weight excluding hydrogens is 304 g/mol. The summed E-state index contributed by atoms with van der Waals surface area (Å²) in [5, 5.41) is 1.14. The van der Waals surface area contributed by atoms with E-state index in [0.717, 1.165) is 22.2 Å². The fourth-order valence-electron chi connectivity index (χ4n) is 3.03. The second kappa shape index (κ2) is 6.32. The highest BCUT2D eigenvalue weighted by Gasteiger charge is 2.26. The number of methoxy groups -OCH3 is 1. The predicted molar refractivity (Wildman–Crippen MR) is 94.6 cm³/mol. The normalized spacial score (nSPS) is 14.6. The first-order chi connectivity index (χ1) is 11.4. The lowest BCUT2D eigenvalue weighted by atomic mass is 10.1. The van der Waals surface area contributed by atoms with Gasteiger partial charge in [-0.1, -0.05) is 24.3 Å². The van der Waals surface area contributed by atoms with Crippen LogP contribution >= 0.6 is 0 Å². The van der Waals surface area contributed by atoms with E-state index >= 15 is 0 Å². The van der Waals surface area contributed by atoms with E-state index < -0.39 is 5.60 Å². The first-order valence-electron chi connectivity index (χ1n) is 8.14. The van der Waals surface area contributed by atoms with E-state index in [1.54, 1.807) is 12.0 Å². The quantitative estimate of drug-likeness (QED) is 0.836. The van der Waals surface area contributed by atoms with Crippen LogP contribution in [0.1, 0.15) is 32.0 Å². The van der Waals surface area contributed by atoms with Gasteiger partial charge in [0.2, 0.25) is 0 Å². The molecule has 1 aromatic heterocycles. The fraction of sp³-hybridized carbons (Fsp3) is 0.421. The largest absolute Gasteiger partial charge is 0.444 e. The molecule has 5 nitrogen and oxygen atoms in total. The second-order valence-electron chi connectivity index (χ2n) is 6.99. The highest BCUT2D eigenvalue weighted by atomic mass is 16.6. The van der Waals surface area contributed by atoms with E-state index in [-0.39, 0.29) is 6.09 Å². The van der Waals surface area contributed by atoms with E-state index in [1.165, 1.54) is 0 Å². The summed E-state index contributed by atoms with van der Waals surface area (Å²) in [5.74, 6) is 0. The van der Waals surface area contributed by atoms with Crippen LogP contribution < -0.4 is 0 Å². The van der Waals surface area contributed by atoms with Gasteiger partial charge in [0.1, 0.15) is 12.3 Å². The highest BCUT2D eigenvalue weighted by molar-refractivity contribution is 5.89. The van der Waals surface area contributed by atoms with E-state index in [9.17, 15) is 4.79 Å². The monoisotopic (exact) mass is 328 g/mol. The zero-order valence-corrected chi connectivity index (χ0v) is 14.7. The summed E-state index contributed by atoms with van der Waals surface area (Å²) in [6.45, 7) is 7.18. The Kier molecular flexibility index (Phi) is 4.37. The van der Waals surface area contributed by atoms with Crippen molar-refractivity contribution in [2.24, 2.45) is 0 Å². The molecule has 0 atom stereocenters. The van der Waals surface area contributed by atoms with Gasteiger partial charge in [0.05, 0.1) is 12.1 Å². The Hall–Kier alpha value is -2.27. The summed E-state index contributed by atoms with van der Waals surface area (Å²) in [7, 11) is 1.69. The Morgan fingerprint density at radius 3 is 2.71 bits per heavy atom. The molecule has 3 rings (SSSR count). The van der Waals surface area contributed by atoms with E-state index in [4.69, 9.17) is 9.47 Å². The lowest BCUT2D eigenvalue weighted by molar-refractivity contribution is 0.0258. The minimum absolute atomic E-state index is 0.288. The highest BCUT2D eigenvalue weighted by Crippen LogP contribution is 2.30. The third-order valence-electron chi connectivity index (χ3n) is 3.98. The van der Waals surface area contributed by atoms with Crippen LogP contribution in [0.2, 0.25) is 0 Å². The molecule has 128 valence electrons. The number of nitrogens with zero attached hydrogens (tertiary/aromatic N) is 2. The molecule has 0 saturated carbocycles. The van der Waals surface area contributed by atoms with E-state index in [1.807, 2.05) is 39.0 Å². The first-order valence-corrected chi connectivity index (χ1v) is 8.14. The van der Waals surface area contributed by atoms with Crippen molar-refractivity contribution < 1.29 is 14.3 Å². The third kappa shape index (κ3) is 3.17. The molecule has 0 radical (unpaired) electrons. The molecule has 2 heterocycles. The Labute approximate surface area is 142 Å². The number of carbonyl (C=O) groups is 1. The number of carbonyl (C=O) groups excluding carboxylic acids is 1. The number of para-hydroxylation sites is 1. The Morgan fingerprint density at radius 1 is 1.25 bits per heavy atom. The number of hydrogen-bond acceptors (Lipinski definition) is 3. The van der Waals surface area contributed by atoms with Gasteiger partial charge in [-0.3, -0.25) is 0 Å². The van der Waals surface area contributed by atoms with Crippen molar-refractivity contribution in [3.05, 3.63) is 41.6 Å². The van der Waals surface area contributed by atoms with Crippen molar-refractivity contribution in [2.45, 2.75) is 39.6 Å². The molecule has 0 N–H and O–H groups in total. The third-order valence-corrected chi connectivity index (χ3v) is 3.98. The number of rotatable bonds is 2. The SMILES string of the molecule is COCn1c2c(c3ccccc31)CN(C(=O)OC(C)(C)C)CC=C2. The van der Waals surface area contributed by atoms with Crippen LogP contribution in [0.3, 0.4) is 0 Å². The molecule has 0 bridgehead atoms. The fourth-order valence-corrected chi connectivity index (χ4v) is 3.03. The van der Waals surface area contributed by atoms with Crippen LogP contribution in [0.15, 0.2) is 30.3 Å². The molecule has 0 unspecified atom stereocenters. The van der Waals surface area contributed by atoms with Crippen molar-refractivity contribution in [1.82, 2.24) is 9.47 Å². The lowest BCUT2D eigenvalue weighted by Gasteiger charge is -2.26. The predicted octanol–water partition coefficient (Wildman–Crippen LogP) is 4.01. The summed E-state index contributed by atoms with van der Waals surface area (Å²) < 4.78 is 13.0. The van der Waals surface area contributed by atoms with Gasteiger partial charge in [-0.15, -0.1) is 0 Å². The van der Waals surface area contributed by atoms with E-state index in [0.29, 0.717) is 19.8 Å². The van der Waals surface area contributed by atoms with Gasteiger partial charge >= 0.3 is 6.09 Å². The molecule has 0 spiro atoms. The number of ether oxygens (including phenoxy) is 2. The zero-order chi connectivity index (χ0) is 17.3. The minimum Gasteiger partial charge on any atom is -0.444 e. The standard InChI is InChI=1S/C19H24N2O3/c1-19(2,3)24-18(22)20-11-7-10-17-15(12-20)14-8-5-6-9-16(14)21(17)13-23-4/h5-10H,11-13H2,1-4H3. The summed E-state index contributed by atoms with van der Waals surface area (Å²) in [5.41, 5.74) is 2.83. The Balaban J connectivity index is 2.01. The molecule has 5 heteroatoms. The minimum atomic E-state index is -0.500. The molecule has 1 aliphatic heterocycles. The van der Waals surface area contributed by atoms with Gasteiger partial charge in [0, 0.05) is 30.3 Å². The number of aromatic nitrogens is 1.